The van der Waals surface area contributed by atoms with Gasteiger partial charge in [-0.05, 0) is 39.5 Å². The molecule has 0 atom stereocenters. The zero-order valence-electron chi connectivity index (χ0n) is 12.1. The summed E-state index contributed by atoms with van der Waals surface area (Å²) in [5.74, 6) is 0. The first-order valence-electron chi connectivity index (χ1n) is 7.37. The smallest absolute Gasteiger partial charge is 0.0593 e. The Hall–Kier alpha value is -0.160. The van der Waals surface area contributed by atoms with Crippen molar-refractivity contribution in [2.45, 2.75) is 45.1 Å². The molecule has 1 aliphatic carbocycles. The summed E-state index contributed by atoms with van der Waals surface area (Å²) < 4.78 is 10.9. The molecule has 1 saturated carbocycles. The van der Waals surface area contributed by atoms with E-state index in [4.69, 9.17) is 15.2 Å². The Balaban J connectivity index is 2.19. The molecule has 0 aromatic rings. The fourth-order valence-corrected chi connectivity index (χ4v) is 2.27. The van der Waals surface area contributed by atoms with Crippen molar-refractivity contribution in [2.75, 3.05) is 46.1 Å². The van der Waals surface area contributed by atoms with Crippen molar-refractivity contribution in [3.8, 4) is 0 Å². The number of hydrogen-bond donors (Lipinski definition) is 1. The van der Waals surface area contributed by atoms with Crippen LogP contribution in [0.15, 0.2) is 0 Å². The second kappa shape index (κ2) is 8.86. The molecule has 1 rings (SSSR count). The number of hydrogen-bond acceptors (Lipinski definition) is 4. The van der Waals surface area contributed by atoms with Crippen LogP contribution in [0.5, 0.6) is 0 Å². The maximum absolute atomic E-state index is 6.27. The monoisotopic (exact) mass is 258 g/mol. The van der Waals surface area contributed by atoms with Crippen molar-refractivity contribution in [2.24, 2.45) is 5.73 Å². The van der Waals surface area contributed by atoms with Gasteiger partial charge < -0.3 is 15.2 Å². The molecule has 0 aromatic heterocycles. The van der Waals surface area contributed by atoms with Crippen molar-refractivity contribution in [3.63, 3.8) is 0 Å². The van der Waals surface area contributed by atoms with Gasteiger partial charge in [-0.2, -0.15) is 0 Å². The number of nitrogens with zero attached hydrogens (tertiary/aromatic N) is 1. The molecule has 0 aliphatic heterocycles. The fourth-order valence-electron chi connectivity index (χ4n) is 2.27. The van der Waals surface area contributed by atoms with Gasteiger partial charge in [0.05, 0.1) is 13.2 Å². The van der Waals surface area contributed by atoms with Crippen LogP contribution in [0.4, 0.5) is 0 Å². The predicted octanol–water partition coefficient (Wildman–Crippen LogP) is 1.63. The van der Waals surface area contributed by atoms with E-state index in [9.17, 15) is 0 Å². The van der Waals surface area contributed by atoms with E-state index in [-0.39, 0.29) is 5.54 Å². The quantitative estimate of drug-likeness (QED) is 0.572. The lowest BCUT2D eigenvalue weighted by Gasteiger charge is -2.39. The van der Waals surface area contributed by atoms with Crippen molar-refractivity contribution >= 4 is 0 Å². The Morgan fingerprint density at radius 2 is 1.56 bits per heavy atom. The van der Waals surface area contributed by atoms with Gasteiger partial charge in [-0.1, -0.05) is 0 Å². The van der Waals surface area contributed by atoms with Crippen LogP contribution < -0.4 is 5.73 Å². The molecule has 0 aromatic carbocycles. The first-order chi connectivity index (χ1) is 8.70. The summed E-state index contributed by atoms with van der Waals surface area (Å²) in [6.45, 7) is 10.3. The van der Waals surface area contributed by atoms with Crippen LogP contribution in [-0.4, -0.2) is 56.5 Å². The van der Waals surface area contributed by atoms with E-state index in [1.807, 2.05) is 13.8 Å². The van der Waals surface area contributed by atoms with Gasteiger partial charge in [-0.15, -0.1) is 0 Å². The molecule has 4 heteroatoms. The second-order valence-corrected chi connectivity index (χ2v) is 5.20. The SMILES string of the molecule is CCOCCN(CCOCC)CCC1(N)CCC1. The van der Waals surface area contributed by atoms with Gasteiger partial charge in [-0.3, -0.25) is 4.90 Å². The standard InChI is InChI=1S/C14H30N2O2/c1-3-17-12-10-16(11-13-18-4-2)9-8-14(15)6-5-7-14/h3-13,15H2,1-2H3. The highest BCUT2D eigenvalue weighted by Crippen LogP contribution is 2.32. The molecule has 0 heterocycles. The van der Waals surface area contributed by atoms with Crippen molar-refractivity contribution in [1.29, 1.82) is 0 Å². The molecular weight excluding hydrogens is 228 g/mol. The molecule has 0 saturated heterocycles. The van der Waals surface area contributed by atoms with Gasteiger partial charge in [-0.25, -0.2) is 0 Å². The Kier molecular flexibility index (Phi) is 7.82. The van der Waals surface area contributed by atoms with Gasteiger partial charge in [0.25, 0.3) is 0 Å². The van der Waals surface area contributed by atoms with E-state index in [0.29, 0.717) is 0 Å². The third-order valence-electron chi connectivity index (χ3n) is 3.79. The first kappa shape index (κ1) is 15.9. The molecule has 0 bridgehead atoms. The minimum Gasteiger partial charge on any atom is -0.380 e. The third kappa shape index (κ3) is 6.14. The Bertz CT molecular complexity index is 198. The average Bonchev–Trinajstić information content (AvgIpc) is 2.33. The number of ether oxygens (including phenoxy) is 2. The lowest BCUT2D eigenvalue weighted by Crippen LogP contribution is -2.49. The Morgan fingerprint density at radius 3 is 1.94 bits per heavy atom. The highest BCUT2D eigenvalue weighted by molar-refractivity contribution is 4.92. The number of nitrogens with two attached hydrogens (primary N) is 1. The summed E-state index contributed by atoms with van der Waals surface area (Å²) in [7, 11) is 0. The average molecular weight is 258 g/mol. The normalized spacial score (nSPS) is 18.0. The molecule has 1 aliphatic rings. The molecule has 0 unspecified atom stereocenters. The summed E-state index contributed by atoms with van der Waals surface area (Å²) in [5.41, 5.74) is 6.39. The van der Waals surface area contributed by atoms with Crippen LogP contribution in [0.3, 0.4) is 0 Å². The molecule has 0 radical (unpaired) electrons. The van der Waals surface area contributed by atoms with E-state index in [1.165, 1.54) is 19.3 Å². The minimum absolute atomic E-state index is 0.121. The zero-order valence-corrected chi connectivity index (χ0v) is 12.1. The van der Waals surface area contributed by atoms with Crippen LogP contribution in [0.25, 0.3) is 0 Å². The zero-order chi connectivity index (χ0) is 13.3. The first-order valence-corrected chi connectivity index (χ1v) is 7.37. The van der Waals surface area contributed by atoms with Crippen molar-refractivity contribution < 1.29 is 9.47 Å². The summed E-state index contributed by atoms with van der Waals surface area (Å²) in [6.07, 6.45) is 4.79. The van der Waals surface area contributed by atoms with Gasteiger partial charge in [0, 0.05) is 38.4 Å². The van der Waals surface area contributed by atoms with Crippen LogP contribution in [0.2, 0.25) is 0 Å². The second-order valence-electron chi connectivity index (χ2n) is 5.20. The molecule has 4 nitrogen and oxygen atoms in total. The van der Waals surface area contributed by atoms with E-state index in [1.54, 1.807) is 0 Å². The van der Waals surface area contributed by atoms with Gasteiger partial charge in [0.2, 0.25) is 0 Å². The maximum atomic E-state index is 6.27. The van der Waals surface area contributed by atoms with Gasteiger partial charge in [0.15, 0.2) is 0 Å². The largest absolute Gasteiger partial charge is 0.380 e. The van der Waals surface area contributed by atoms with E-state index in [2.05, 4.69) is 4.90 Å². The highest BCUT2D eigenvalue weighted by atomic mass is 16.5. The maximum Gasteiger partial charge on any atom is 0.0593 e. The molecule has 18 heavy (non-hydrogen) atoms. The molecule has 108 valence electrons. The summed E-state index contributed by atoms with van der Waals surface area (Å²) >= 11 is 0. The molecule has 0 spiro atoms. The highest BCUT2D eigenvalue weighted by Gasteiger charge is 2.32. The van der Waals surface area contributed by atoms with E-state index in [0.717, 1.165) is 52.5 Å². The lowest BCUT2D eigenvalue weighted by molar-refractivity contribution is 0.0751. The van der Waals surface area contributed by atoms with Crippen LogP contribution in [-0.2, 0) is 9.47 Å². The Labute approximate surface area is 112 Å². The summed E-state index contributed by atoms with van der Waals surface area (Å²) in [6, 6.07) is 0. The van der Waals surface area contributed by atoms with E-state index < -0.39 is 0 Å². The lowest BCUT2D eigenvalue weighted by atomic mass is 9.75. The molecule has 2 N–H and O–H groups in total. The van der Waals surface area contributed by atoms with Crippen molar-refractivity contribution in [1.82, 2.24) is 4.90 Å². The van der Waals surface area contributed by atoms with E-state index >= 15 is 0 Å². The summed E-state index contributed by atoms with van der Waals surface area (Å²) in [5, 5.41) is 0. The van der Waals surface area contributed by atoms with Crippen molar-refractivity contribution in [3.05, 3.63) is 0 Å². The van der Waals surface area contributed by atoms with Gasteiger partial charge in [0.1, 0.15) is 0 Å². The Morgan fingerprint density at radius 1 is 1.00 bits per heavy atom. The van der Waals surface area contributed by atoms with Crippen LogP contribution in [0.1, 0.15) is 39.5 Å². The fraction of sp³-hybridized carbons (Fsp3) is 1.00. The third-order valence-corrected chi connectivity index (χ3v) is 3.79. The molecular formula is C14H30N2O2. The molecule has 0 amide bonds. The topological polar surface area (TPSA) is 47.7 Å². The number of rotatable bonds is 11. The van der Waals surface area contributed by atoms with Gasteiger partial charge >= 0.3 is 0 Å². The summed E-state index contributed by atoms with van der Waals surface area (Å²) in [4.78, 5) is 2.41. The predicted molar refractivity (Wildman–Crippen MR) is 74.8 cm³/mol. The van der Waals surface area contributed by atoms with Crippen LogP contribution >= 0.6 is 0 Å². The molecule has 1 fully saturated rings. The minimum atomic E-state index is 0.121. The van der Waals surface area contributed by atoms with Crippen LogP contribution in [0, 0.1) is 0 Å².